The van der Waals surface area contributed by atoms with Crippen molar-refractivity contribution in [3.63, 3.8) is 0 Å². The van der Waals surface area contributed by atoms with Gasteiger partial charge in [0, 0.05) is 37.6 Å². The molecule has 0 aliphatic heterocycles. The van der Waals surface area contributed by atoms with E-state index >= 15 is 0 Å². The molecule has 144 valence electrons. The third kappa shape index (κ3) is 35.1. The predicted octanol–water partition coefficient (Wildman–Crippen LogP) is -0.418. The fourth-order valence-electron chi connectivity index (χ4n) is 0.792. The topological polar surface area (TPSA) is 133 Å². The summed E-state index contributed by atoms with van der Waals surface area (Å²) in [5, 5.41) is 19.3. The van der Waals surface area contributed by atoms with E-state index in [0.29, 0.717) is 12.2 Å². The first-order valence-corrected chi connectivity index (χ1v) is 10.3. The number of aliphatic carboxylic acids is 2. The molecule has 0 heterocycles. The molecule has 0 N–H and O–H groups in total. The van der Waals surface area contributed by atoms with Crippen molar-refractivity contribution in [1.82, 2.24) is 0 Å². The van der Waals surface area contributed by atoms with Crippen molar-refractivity contribution >= 4 is 45.5 Å². The van der Waals surface area contributed by atoms with Crippen molar-refractivity contribution in [2.24, 2.45) is 0 Å². The van der Waals surface area contributed by atoms with Crippen LogP contribution in [0.5, 0.6) is 0 Å². The third-order valence-electron chi connectivity index (χ3n) is 2.04. The zero-order valence-electron chi connectivity index (χ0n) is 15.7. The van der Waals surface area contributed by atoms with E-state index in [1.807, 2.05) is 27.7 Å². The molecule has 0 aromatic heterocycles. The fraction of sp³-hybridized carbons (Fsp3) is 0.750. The maximum absolute atomic E-state index is 10.2. The second kappa shape index (κ2) is 19.3. The normalized spacial score (nSPS) is 9.28. The van der Waals surface area contributed by atoms with Crippen LogP contribution in [-0.2, 0) is 25.3 Å². The Bertz CT molecular complexity index is 358. The molecule has 0 aromatic rings. The van der Waals surface area contributed by atoms with Crippen LogP contribution in [0, 0.1) is 0 Å². The molecule has 0 saturated carbocycles. The van der Waals surface area contributed by atoms with Crippen LogP contribution in [0.1, 0.15) is 67.2 Å². The Morgan fingerprint density at radius 2 is 1.04 bits per heavy atom. The van der Waals surface area contributed by atoms with Crippen LogP contribution in [0.4, 0.5) is 0 Å². The summed E-state index contributed by atoms with van der Waals surface area (Å²) >= 11 is -0.929. The average Bonchev–Trinajstić information content (AvgIpc) is 2.46. The molecule has 0 aromatic carbocycles. The molecule has 0 saturated heterocycles. The minimum absolute atomic E-state index is 0.272. The quantitative estimate of drug-likeness (QED) is 0.313. The summed E-state index contributed by atoms with van der Waals surface area (Å²) in [6.07, 6.45) is 0.334. The van der Waals surface area contributed by atoms with Crippen LogP contribution < -0.4 is 10.2 Å². The largest absolute Gasteiger partial charge is 0.550 e. The molecular formula is C16H28O8Sn. The van der Waals surface area contributed by atoms with Gasteiger partial charge in [-0.2, -0.15) is 0 Å². The number of carboxylic acids is 2. The van der Waals surface area contributed by atoms with E-state index in [2.05, 4.69) is 0 Å². The summed E-state index contributed by atoms with van der Waals surface area (Å²) in [5.41, 5.74) is 0. The number of rotatable bonds is 10. The van der Waals surface area contributed by atoms with Gasteiger partial charge >= 0.3 is 68.0 Å². The summed E-state index contributed by atoms with van der Waals surface area (Å²) in [6, 6.07) is 0. The van der Waals surface area contributed by atoms with Gasteiger partial charge in [-0.25, -0.2) is 0 Å². The van der Waals surface area contributed by atoms with E-state index in [0.717, 1.165) is 0 Å². The SMILES string of the molecule is CC(C)[O][Sn+2][O]C(C)C.CCC(=O)CC(=O)[O-].CCC(=O)CC(=O)[O-]. The molecule has 0 radical (unpaired) electrons. The van der Waals surface area contributed by atoms with Crippen LogP contribution in [0.2, 0.25) is 0 Å². The number of carboxylic acid groups (broad SMARTS) is 2. The average molecular weight is 467 g/mol. The van der Waals surface area contributed by atoms with Gasteiger partial charge in [-0.05, 0) is 0 Å². The molecule has 8 nitrogen and oxygen atoms in total. The van der Waals surface area contributed by atoms with Crippen LogP contribution in [-0.4, -0.2) is 57.7 Å². The minimum atomic E-state index is -1.29. The van der Waals surface area contributed by atoms with Crippen molar-refractivity contribution in [2.75, 3.05) is 0 Å². The maximum atomic E-state index is 10.2. The minimum Gasteiger partial charge on any atom is -0.550 e. The number of carbonyl (C=O) groups is 4. The van der Waals surface area contributed by atoms with Crippen molar-refractivity contribution in [3.05, 3.63) is 0 Å². The van der Waals surface area contributed by atoms with Crippen molar-refractivity contribution in [2.45, 2.75) is 79.4 Å². The van der Waals surface area contributed by atoms with Crippen molar-refractivity contribution in [1.29, 1.82) is 0 Å². The molecule has 0 atom stereocenters. The first kappa shape index (κ1) is 28.8. The van der Waals surface area contributed by atoms with Gasteiger partial charge in [0.25, 0.3) is 0 Å². The second-order valence-electron chi connectivity index (χ2n) is 5.30. The third-order valence-corrected chi connectivity index (χ3v) is 5.28. The van der Waals surface area contributed by atoms with Gasteiger partial charge in [0.2, 0.25) is 0 Å². The van der Waals surface area contributed by atoms with E-state index in [-0.39, 0.29) is 24.4 Å². The van der Waals surface area contributed by atoms with Gasteiger partial charge in [0.05, 0.1) is 0 Å². The molecule has 25 heavy (non-hydrogen) atoms. The Hall–Kier alpha value is -1.00. The Morgan fingerprint density at radius 3 is 1.16 bits per heavy atom. The summed E-state index contributed by atoms with van der Waals surface area (Å²) in [5.74, 6) is -3.16. The monoisotopic (exact) mass is 468 g/mol. The van der Waals surface area contributed by atoms with Crippen LogP contribution in [0.25, 0.3) is 0 Å². The van der Waals surface area contributed by atoms with Crippen LogP contribution >= 0.6 is 0 Å². The van der Waals surface area contributed by atoms with Gasteiger partial charge in [0.1, 0.15) is 11.6 Å². The van der Waals surface area contributed by atoms with Gasteiger partial charge in [0.15, 0.2) is 0 Å². The second-order valence-corrected chi connectivity index (χ2v) is 7.12. The van der Waals surface area contributed by atoms with Gasteiger partial charge in [-0.3, -0.25) is 9.59 Å². The Morgan fingerprint density at radius 1 is 0.760 bits per heavy atom. The zero-order valence-corrected chi connectivity index (χ0v) is 18.6. The molecule has 0 rings (SSSR count). The maximum Gasteiger partial charge on any atom is 0.138 e. The van der Waals surface area contributed by atoms with E-state index in [4.69, 9.17) is 6.15 Å². The van der Waals surface area contributed by atoms with Gasteiger partial charge in [-0.15, -0.1) is 0 Å². The Balaban J connectivity index is -0.000000291. The van der Waals surface area contributed by atoms with Crippen molar-refractivity contribution in [3.8, 4) is 0 Å². The fourth-order valence-corrected chi connectivity index (χ4v) is 2.05. The zero-order chi connectivity index (χ0) is 20.4. The Kier molecular flexibility index (Phi) is 22.3. The molecular weight excluding hydrogens is 439 g/mol. The van der Waals surface area contributed by atoms with Crippen LogP contribution in [0.15, 0.2) is 0 Å². The first-order valence-electron chi connectivity index (χ1n) is 7.95. The summed E-state index contributed by atoms with van der Waals surface area (Å²) in [4.78, 5) is 39.7. The standard InChI is InChI=1S/2C5H8O3.2C3H7O.Sn/c2*1-2-4(6)3-5(7)8;2*1-3(2)4;/h2*2-3H2,1H3,(H,7,8);2*3H,1-2H3;/q;;2*-1;+4/p-2. The Labute approximate surface area is 160 Å². The first-order chi connectivity index (χ1) is 11.5. The molecule has 9 heteroatoms. The van der Waals surface area contributed by atoms with E-state index in [9.17, 15) is 29.4 Å². The number of hydrogen-bond acceptors (Lipinski definition) is 8. The molecule has 0 bridgehead atoms. The molecule has 0 aliphatic carbocycles. The predicted molar refractivity (Wildman–Crippen MR) is 88.0 cm³/mol. The van der Waals surface area contributed by atoms with E-state index in [1.54, 1.807) is 13.8 Å². The van der Waals surface area contributed by atoms with Crippen LogP contribution in [0.3, 0.4) is 0 Å². The number of carbonyl (C=O) groups excluding carboxylic acids is 4. The van der Waals surface area contributed by atoms with E-state index < -0.39 is 46.8 Å². The smallest absolute Gasteiger partial charge is 0.138 e. The summed E-state index contributed by atoms with van der Waals surface area (Å²) in [7, 11) is 0. The molecule has 0 amide bonds. The van der Waals surface area contributed by atoms with Gasteiger partial charge < -0.3 is 19.8 Å². The number of ketones is 2. The molecule has 0 fully saturated rings. The number of Topliss-reactive ketones (excluding diaryl/α,β-unsaturated/α-hetero) is 2. The molecule has 0 aliphatic rings. The molecule has 0 unspecified atom stereocenters. The molecule has 0 spiro atoms. The van der Waals surface area contributed by atoms with Gasteiger partial charge in [-0.1, -0.05) is 13.8 Å². The van der Waals surface area contributed by atoms with E-state index in [1.165, 1.54) is 0 Å². The summed E-state index contributed by atoms with van der Waals surface area (Å²) < 4.78 is 10.6. The van der Waals surface area contributed by atoms with Crippen molar-refractivity contribution < 1.29 is 35.5 Å². The summed E-state index contributed by atoms with van der Waals surface area (Å²) in [6.45, 7) is 11.4. The number of hydrogen-bond donors (Lipinski definition) is 0.